The molecule has 200 valence electrons. The van der Waals surface area contributed by atoms with E-state index in [0.717, 1.165) is 47.8 Å². The highest BCUT2D eigenvalue weighted by molar-refractivity contribution is 6.33. The third-order valence-corrected chi connectivity index (χ3v) is 6.78. The standard InChI is InChI=1S/C30H30ClF3N2O2/c1-3-4-5-6-9-14-36(30(37)35-29-24(33)16-20(32)17-25(29)34)18-27-28(21-10-7-8-11-23(21)31)22-15-19(2)12-13-26(22)38-27/h7-8,10-13,15-17H,3-6,9,14,18H2,1-2H3,(H,35,37). The molecule has 0 radical (unpaired) electrons. The van der Waals surface area contributed by atoms with Gasteiger partial charge in [0.15, 0.2) is 11.6 Å². The molecular weight excluding hydrogens is 513 g/mol. The van der Waals surface area contributed by atoms with Crippen molar-refractivity contribution in [2.24, 2.45) is 0 Å². The fraction of sp³-hybridized carbons (Fsp3) is 0.300. The number of hydrogen-bond acceptors (Lipinski definition) is 2. The summed E-state index contributed by atoms with van der Waals surface area (Å²) < 4.78 is 48.3. The molecule has 1 heterocycles. The highest BCUT2D eigenvalue weighted by Crippen LogP contribution is 2.39. The molecule has 1 N–H and O–H groups in total. The second-order valence-electron chi connectivity index (χ2n) is 9.39. The maximum Gasteiger partial charge on any atom is 0.322 e. The molecule has 0 aliphatic rings. The number of aryl methyl sites for hydroxylation is 1. The van der Waals surface area contributed by atoms with Crippen molar-refractivity contribution < 1.29 is 22.4 Å². The minimum atomic E-state index is -1.19. The number of nitrogens with one attached hydrogen (secondary N) is 1. The van der Waals surface area contributed by atoms with Crippen LogP contribution in [0.1, 0.15) is 50.4 Å². The lowest BCUT2D eigenvalue weighted by Crippen LogP contribution is -2.36. The number of urea groups is 1. The molecule has 4 aromatic rings. The van der Waals surface area contributed by atoms with Crippen LogP contribution in [0.25, 0.3) is 22.1 Å². The summed E-state index contributed by atoms with van der Waals surface area (Å²) in [5, 5.41) is 3.68. The number of nitrogens with zero attached hydrogens (tertiary/aromatic N) is 1. The molecule has 0 bridgehead atoms. The van der Waals surface area contributed by atoms with E-state index in [0.29, 0.717) is 41.5 Å². The molecule has 0 aliphatic carbocycles. The van der Waals surface area contributed by atoms with Crippen LogP contribution in [-0.2, 0) is 6.54 Å². The molecule has 3 aromatic carbocycles. The van der Waals surface area contributed by atoms with Crippen LogP contribution >= 0.6 is 11.6 Å². The lowest BCUT2D eigenvalue weighted by Gasteiger charge is -2.23. The Morgan fingerprint density at radius 2 is 1.68 bits per heavy atom. The second-order valence-corrected chi connectivity index (χ2v) is 9.80. The fourth-order valence-electron chi connectivity index (χ4n) is 4.51. The number of carbonyl (C=O) groups is 1. The minimum Gasteiger partial charge on any atom is -0.459 e. The summed E-state index contributed by atoms with van der Waals surface area (Å²) >= 11 is 6.57. The molecule has 0 unspecified atom stereocenters. The average molecular weight is 543 g/mol. The number of halogens is 4. The van der Waals surface area contributed by atoms with Crippen LogP contribution in [0.15, 0.2) is 59.0 Å². The number of rotatable bonds is 10. The van der Waals surface area contributed by atoms with E-state index in [1.807, 2.05) is 43.3 Å². The SMILES string of the molecule is CCCCCCCN(Cc1oc2ccc(C)cc2c1-c1ccccc1Cl)C(=O)Nc1c(F)cc(F)cc1F. The Morgan fingerprint density at radius 3 is 2.39 bits per heavy atom. The Kier molecular flexibility index (Phi) is 9.00. The smallest absolute Gasteiger partial charge is 0.322 e. The quantitative estimate of drug-likeness (QED) is 0.203. The molecule has 0 saturated carbocycles. The Morgan fingerprint density at radius 1 is 0.974 bits per heavy atom. The van der Waals surface area contributed by atoms with Crippen molar-refractivity contribution in [2.45, 2.75) is 52.5 Å². The molecule has 0 atom stereocenters. The number of amides is 2. The summed E-state index contributed by atoms with van der Waals surface area (Å²) in [6.07, 6.45) is 4.77. The van der Waals surface area contributed by atoms with E-state index in [-0.39, 0.29) is 6.54 Å². The van der Waals surface area contributed by atoms with Crippen molar-refractivity contribution in [1.29, 1.82) is 0 Å². The molecule has 8 heteroatoms. The first-order chi connectivity index (χ1) is 18.3. The van der Waals surface area contributed by atoms with Crippen LogP contribution in [0.4, 0.5) is 23.7 Å². The van der Waals surface area contributed by atoms with Gasteiger partial charge in [0.05, 0.1) is 6.54 Å². The average Bonchev–Trinajstić information content (AvgIpc) is 3.22. The molecule has 0 fully saturated rings. The number of furan rings is 1. The summed E-state index contributed by atoms with van der Waals surface area (Å²) in [6.45, 7) is 4.46. The summed E-state index contributed by atoms with van der Waals surface area (Å²) in [7, 11) is 0. The van der Waals surface area contributed by atoms with E-state index in [1.54, 1.807) is 6.07 Å². The first kappa shape index (κ1) is 27.6. The zero-order chi connectivity index (χ0) is 27.2. The second kappa shape index (κ2) is 12.4. The monoisotopic (exact) mass is 542 g/mol. The van der Waals surface area contributed by atoms with Crippen LogP contribution < -0.4 is 5.32 Å². The highest BCUT2D eigenvalue weighted by atomic mass is 35.5. The Balaban J connectivity index is 1.70. The van der Waals surface area contributed by atoms with E-state index in [4.69, 9.17) is 16.0 Å². The number of benzene rings is 3. The maximum absolute atomic E-state index is 14.3. The molecule has 38 heavy (non-hydrogen) atoms. The number of fused-ring (bicyclic) bond motifs is 1. The molecule has 1 aromatic heterocycles. The lowest BCUT2D eigenvalue weighted by molar-refractivity contribution is 0.203. The van der Waals surface area contributed by atoms with Gasteiger partial charge in [-0.3, -0.25) is 0 Å². The van der Waals surface area contributed by atoms with Crippen molar-refractivity contribution in [3.63, 3.8) is 0 Å². The Bertz CT molecular complexity index is 1410. The van der Waals surface area contributed by atoms with Crippen LogP contribution in [0.5, 0.6) is 0 Å². The normalized spacial score (nSPS) is 11.2. The van der Waals surface area contributed by atoms with Crippen molar-refractivity contribution in [3.8, 4) is 11.1 Å². The van der Waals surface area contributed by atoms with E-state index in [9.17, 15) is 18.0 Å². The number of carbonyl (C=O) groups excluding carboxylic acids is 1. The van der Waals surface area contributed by atoms with Gasteiger partial charge in [-0.1, -0.05) is 74.0 Å². The van der Waals surface area contributed by atoms with Crippen LogP contribution in [0.3, 0.4) is 0 Å². The van der Waals surface area contributed by atoms with Crippen molar-refractivity contribution in [3.05, 3.63) is 88.4 Å². The molecule has 0 spiro atoms. The summed E-state index contributed by atoms with van der Waals surface area (Å²) in [6, 6.07) is 13.5. The molecular formula is C30H30ClF3N2O2. The van der Waals surface area contributed by atoms with Gasteiger partial charge in [-0.05, 0) is 31.5 Å². The third-order valence-electron chi connectivity index (χ3n) is 6.45. The maximum atomic E-state index is 14.3. The van der Waals surface area contributed by atoms with Crippen LogP contribution in [0.2, 0.25) is 5.02 Å². The van der Waals surface area contributed by atoms with Gasteiger partial charge >= 0.3 is 6.03 Å². The van der Waals surface area contributed by atoms with E-state index in [2.05, 4.69) is 12.2 Å². The largest absolute Gasteiger partial charge is 0.459 e. The van der Waals surface area contributed by atoms with Gasteiger partial charge < -0.3 is 14.6 Å². The number of unbranched alkanes of at least 4 members (excludes halogenated alkanes) is 4. The van der Waals surface area contributed by atoms with E-state index >= 15 is 0 Å². The summed E-state index contributed by atoms with van der Waals surface area (Å²) in [5.74, 6) is -2.93. The van der Waals surface area contributed by atoms with Gasteiger partial charge in [0, 0.05) is 40.2 Å². The van der Waals surface area contributed by atoms with Crippen molar-refractivity contribution >= 4 is 34.3 Å². The fourth-order valence-corrected chi connectivity index (χ4v) is 4.74. The zero-order valence-corrected chi connectivity index (χ0v) is 22.2. The van der Waals surface area contributed by atoms with Crippen LogP contribution in [-0.4, -0.2) is 17.5 Å². The molecule has 0 saturated heterocycles. The van der Waals surface area contributed by atoms with Gasteiger partial charge in [0.2, 0.25) is 0 Å². The summed E-state index contributed by atoms with van der Waals surface area (Å²) in [4.78, 5) is 14.8. The highest BCUT2D eigenvalue weighted by Gasteiger charge is 2.24. The topological polar surface area (TPSA) is 45.5 Å². The van der Waals surface area contributed by atoms with Gasteiger partial charge in [-0.2, -0.15) is 0 Å². The van der Waals surface area contributed by atoms with Crippen molar-refractivity contribution in [1.82, 2.24) is 4.90 Å². The van der Waals surface area contributed by atoms with E-state index in [1.165, 1.54) is 4.90 Å². The number of anilines is 1. The lowest BCUT2D eigenvalue weighted by atomic mass is 10.0. The molecule has 4 rings (SSSR count). The molecule has 2 amide bonds. The predicted molar refractivity (Wildman–Crippen MR) is 146 cm³/mol. The zero-order valence-electron chi connectivity index (χ0n) is 21.4. The minimum absolute atomic E-state index is 0.0400. The molecule has 4 nitrogen and oxygen atoms in total. The van der Waals surface area contributed by atoms with Gasteiger partial charge in [-0.15, -0.1) is 0 Å². The molecule has 0 aliphatic heterocycles. The van der Waals surface area contributed by atoms with E-state index < -0.39 is 29.2 Å². The Labute approximate surface area is 225 Å². The van der Waals surface area contributed by atoms with Gasteiger partial charge in [-0.25, -0.2) is 18.0 Å². The third kappa shape index (κ3) is 6.33. The van der Waals surface area contributed by atoms with Crippen LogP contribution in [0, 0.1) is 24.4 Å². The van der Waals surface area contributed by atoms with Gasteiger partial charge in [0.25, 0.3) is 0 Å². The first-order valence-electron chi connectivity index (χ1n) is 12.8. The van der Waals surface area contributed by atoms with Gasteiger partial charge in [0.1, 0.15) is 22.8 Å². The van der Waals surface area contributed by atoms with Crippen molar-refractivity contribution in [2.75, 3.05) is 11.9 Å². The predicted octanol–water partition coefficient (Wildman–Crippen LogP) is 9.48. The Hall–Kier alpha value is -3.45. The number of hydrogen-bond donors (Lipinski definition) is 1. The summed E-state index contributed by atoms with van der Waals surface area (Å²) in [5.41, 5.74) is 2.49. The first-order valence-corrected chi connectivity index (χ1v) is 13.1.